The monoisotopic (exact) mass is 252 g/mol. The maximum Gasteiger partial charge on any atom is 0.154 e. The Balaban J connectivity index is 2.21. The van der Waals surface area contributed by atoms with Gasteiger partial charge in [-0.05, 0) is 24.6 Å². The van der Waals surface area contributed by atoms with Crippen molar-refractivity contribution in [3.63, 3.8) is 0 Å². The number of hydrogen-bond donors (Lipinski definition) is 2. The van der Waals surface area contributed by atoms with Crippen molar-refractivity contribution < 1.29 is 0 Å². The van der Waals surface area contributed by atoms with Crippen LogP contribution < -0.4 is 11.5 Å². The number of pyridine rings is 1. The average Bonchev–Trinajstić information content (AvgIpc) is 2.40. The largest absolute Gasteiger partial charge is 0.398 e. The van der Waals surface area contributed by atoms with E-state index in [2.05, 4.69) is 9.98 Å². The molecular formula is C15H16N4. The Hall–Kier alpha value is -2.62. The van der Waals surface area contributed by atoms with Gasteiger partial charge in [0.2, 0.25) is 0 Å². The Morgan fingerprint density at radius 3 is 2.47 bits per heavy atom. The molecule has 96 valence electrons. The summed E-state index contributed by atoms with van der Waals surface area (Å²) in [6.45, 7) is 2.03. The quantitative estimate of drug-likeness (QED) is 0.650. The van der Waals surface area contributed by atoms with Crippen molar-refractivity contribution in [2.45, 2.75) is 6.92 Å². The molecule has 0 radical (unpaired) electrons. The summed E-state index contributed by atoms with van der Waals surface area (Å²) in [5, 5.41) is 0. The van der Waals surface area contributed by atoms with Crippen LogP contribution in [0.3, 0.4) is 0 Å². The number of rotatable bonds is 3. The van der Waals surface area contributed by atoms with Crippen LogP contribution in [0.5, 0.6) is 0 Å². The second-order valence-electron chi connectivity index (χ2n) is 4.19. The van der Waals surface area contributed by atoms with Crippen molar-refractivity contribution in [2.24, 2.45) is 16.5 Å². The second-order valence-corrected chi connectivity index (χ2v) is 4.19. The third-order valence-electron chi connectivity index (χ3n) is 2.58. The van der Waals surface area contributed by atoms with Crippen molar-refractivity contribution in [3.8, 4) is 0 Å². The van der Waals surface area contributed by atoms with Gasteiger partial charge in [0, 0.05) is 18.0 Å². The fraction of sp³-hybridized carbons (Fsp3) is 0.0667. The molecule has 0 aliphatic heterocycles. The highest BCUT2D eigenvalue weighted by atomic mass is 14.9. The Morgan fingerprint density at radius 2 is 1.84 bits per heavy atom. The number of nitrogens with two attached hydrogens (primary N) is 2. The summed E-state index contributed by atoms with van der Waals surface area (Å²) in [5.74, 6) is 0.893. The van der Waals surface area contributed by atoms with Crippen LogP contribution in [0, 0.1) is 6.92 Å². The van der Waals surface area contributed by atoms with Gasteiger partial charge in [0.1, 0.15) is 5.84 Å². The van der Waals surface area contributed by atoms with E-state index in [0.29, 0.717) is 17.4 Å². The molecule has 4 nitrogen and oxygen atoms in total. The predicted molar refractivity (Wildman–Crippen MR) is 78.9 cm³/mol. The standard InChI is InChI=1S/C15H16N4/c1-11-5-7-12(8-6-11)13(16)10-14(17)19-15-4-2-3-9-18-15/h2-10H,16H2,1H3,(H2,17,18,19). The number of nitrogens with zero attached hydrogens (tertiary/aromatic N) is 2. The molecule has 2 aromatic rings. The van der Waals surface area contributed by atoms with Gasteiger partial charge in [0.25, 0.3) is 0 Å². The van der Waals surface area contributed by atoms with Gasteiger partial charge in [-0.3, -0.25) is 0 Å². The number of aromatic nitrogens is 1. The van der Waals surface area contributed by atoms with Gasteiger partial charge >= 0.3 is 0 Å². The van der Waals surface area contributed by atoms with Crippen molar-refractivity contribution in [3.05, 3.63) is 65.9 Å². The van der Waals surface area contributed by atoms with E-state index in [1.807, 2.05) is 43.3 Å². The van der Waals surface area contributed by atoms with Crippen LogP contribution in [0.2, 0.25) is 0 Å². The first-order valence-electron chi connectivity index (χ1n) is 5.94. The molecule has 19 heavy (non-hydrogen) atoms. The van der Waals surface area contributed by atoms with Crippen LogP contribution in [-0.2, 0) is 0 Å². The third-order valence-corrected chi connectivity index (χ3v) is 2.58. The third kappa shape index (κ3) is 3.67. The summed E-state index contributed by atoms with van der Waals surface area (Å²) in [7, 11) is 0. The molecule has 0 atom stereocenters. The molecule has 1 heterocycles. The molecule has 0 unspecified atom stereocenters. The van der Waals surface area contributed by atoms with Gasteiger partial charge in [0.05, 0.1) is 0 Å². The van der Waals surface area contributed by atoms with Gasteiger partial charge in [0.15, 0.2) is 5.82 Å². The lowest BCUT2D eigenvalue weighted by Crippen LogP contribution is -2.10. The number of aliphatic imine (C=N–C) groups is 1. The molecule has 0 amide bonds. The zero-order valence-electron chi connectivity index (χ0n) is 10.7. The molecule has 0 fully saturated rings. The Bertz CT molecular complexity index is 598. The summed E-state index contributed by atoms with van der Waals surface area (Å²) < 4.78 is 0. The minimum atomic E-state index is 0.330. The van der Waals surface area contributed by atoms with E-state index in [1.54, 1.807) is 18.3 Å². The van der Waals surface area contributed by atoms with Crippen molar-refractivity contribution in [1.29, 1.82) is 0 Å². The molecule has 0 spiro atoms. The summed E-state index contributed by atoms with van der Waals surface area (Å²) in [5.41, 5.74) is 14.5. The molecule has 0 saturated carbocycles. The van der Waals surface area contributed by atoms with Crippen LogP contribution in [0.1, 0.15) is 11.1 Å². The van der Waals surface area contributed by atoms with Gasteiger partial charge in [-0.25, -0.2) is 9.98 Å². The van der Waals surface area contributed by atoms with E-state index in [-0.39, 0.29) is 0 Å². The Kier molecular flexibility index (Phi) is 3.93. The lowest BCUT2D eigenvalue weighted by Gasteiger charge is -2.02. The molecule has 0 aliphatic rings. The van der Waals surface area contributed by atoms with E-state index < -0.39 is 0 Å². The lowest BCUT2D eigenvalue weighted by atomic mass is 10.1. The highest BCUT2D eigenvalue weighted by molar-refractivity contribution is 5.98. The van der Waals surface area contributed by atoms with E-state index in [1.165, 1.54) is 5.56 Å². The first-order valence-corrected chi connectivity index (χ1v) is 5.94. The molecule has 4 N–H and O–H groups in total. The lowest BCUT2D eigenvalue weighted by molar-refractivity contribution is 1.27. The minimum Gasteiger partial charge on any atom is -0.398 e. The number of benzene rings is 1. The van der Waals surface area contributed by atoms with E-state index in [9.17, 15) is 0 Å². The molecule has 4 heteroatoms. The van der Waals surface area contributed by atoms with Crippen LogP contribution in [0.25, 0.3) is 5.70 Å². The highest BCUT2D eigenvalue weighted by Crippen LogP contribution is 2.11. The van der Waals surface area contributed by atoms with Crippen LogP contribution in [0.4, 0.5) is 5.82 Å². The Morgan fingerprint density at radius 1 is 1.11 bits per heavy atom. The van der Waals surface area contributed by atoms with Crippen molar-refractivity contribution >= 4 is 17.4 Å². The number of hydrogen-bond acceptors (Lipinski definition) is 3. The number of aryl methyl sites for hydroxylation is 1. The molecular weight excluding hydrogens is 236 g/mol. The van der Waals surface area contributed by atoms with E-state index >= 15 is 0 Å². The predicted octanol–water partition coefficient (Wildman–Crippen LogP) is 2.38. The zero-order valence-corrected chi connectivity index (χ0v) is 10.7. The average molecular weight is 252 g/mol. The molecule has 0 bridgehead atoms. The van der Waals surface area contributed by atoms with Crippen LogP contribution >= 0.6 is 0 Å². The van der Waals surface area contributed by atoms with E-state index in [4.69, 9.17) is 11.5 Å². The smallest absolute Gasteiger partial charge is 0.154 e. The fourth-order valence-electron chi connectivity index (χ4n) is 1.57. The minimum absolute atomic E-state index is 0.330. The van der Waals surface area contributed by atoms with Crippen molar-refractivity contribution in [2.75, 3.05) is 0 Å². The maximum absolute atomic E-state index is 5.98. The molecule has 2 rings (SSSR count). The summed E-state index contributed by atoms with van der Waals surface area (Å²) in [6, 6.07) is 13.4. The fourth-order valence-corrected chi connectivity index (χ4v) is 1.57. The molecule has 1 aromatic heterocycles. The van der Waals surface area contributed by atoms with Crippen molar-refractivity contribution in [1.82, 2.24) is 4.98 Å². The van der Waals surface area contributed by atoms with Gasteiger partial charge in [-0.15, -0.1) is 0 Å². The highest BCUT2D eigenvalue weighted by Gasteiger charge is 1.98. The Labute approximate surface area is 112 Å². The summed E-state index contributed by atoms with van der Waals surface area (Å²) in [6.07, 6.45) is 3.30. The zero-order chi connectivity index (χ0) is 13.7. The SMILES string of the molecule is Cc1ccc(C(N)=CC(N)=Nc2ccccn2)cc1. The maximum atomic E-state index is 5.98. The molecule has 1 aromatic carbocycles. The first kappa shape index (κ1) is 12.8. The van der Waals surface area contributed by atoms with Gasteiger partial charge in [-0.2, -0.15) is 0 Å². The topological polar surface area (TPSA) is 77.3 Å². The molecule has 0 saturated heterocycles. The van der Waals surface area contributed by atoms with Gasteiger partial charge < -0.3 is 11.5 Å². The van der Waals surface area contributed by atoms with E-state index in [0.717, 1.165) is 5.56 Å². The van der Waals surface area contributed by atoms with Gasteiger partial charge in [-0.1, -0.05) is 35.9 Å². The summed E-state index contributed by atoms with van der Waals surface area (Å²) in [4.78, 5) is 8.24. The number of amidine groups is 1. The first-order chi connectivity index (χ1) is 9.15. The van der Waals surface area contributed by atoms with Crippen LogP contribution in [0.15, 0.2) is 59.7 Å². The summed E-state index contributed by atoms with van der Waals surface area (Å²) >= 11 is 0. The molecule has 0 aliphatic carbocycles. The normalized spacial score (nSPS) is 12.5. The van der Waals surface area contributed by atoms with Crippen LogP contribution in [-0.4, -0.2) is 10.8 Å². The second kappa shape index (κ2) is 5.82.